The van der Waals surface area contributed by atoms with Crippen LogP contribution in [-0.4, -0.2) is 22.5 Å². The minimum atomic E-state index is -0.573. The number of amides is 1. The molecule has 0 saturated heterocycles. The fourth-order valence-electron chi connectivity index (χ4n) is 1.54. The maximum atomic E-state index is 11.9. The van der Waals surface area contributed by atoms with E-state index in [1.54, 1.807) is 12.2 Å². The van der Waals surface area contributed by atoms with Crippen LogP contribution < -0.4 is 5.32 Å². The first kappa shape index (κ1) is 15.6. The van der Waals surface area contributed by atoms with E-state index in [9.17, 15) is 4.79 Å². The summed E-state index contributed by atoms with van der Waals surface area (Å²) in [6.45, 7) is 5.50. The third-order valence-electron chi connectivity index (χ3n) is 2.72. The molecule has 18 heavy (non-hydrogen) atoms. The van der Waals surface area contributed by atoms with Crippen LogP contribution in [0.15, 0.2) is 36.1 Å². The SMILES string of the molecule is C=C/C=C(\C=C(\C)CCl)NC(=O)C1CC1(Cl)CCl. The van der Waals surface area contributed by atoms with E-state index in [1.165, 1.54) is 0 Å². The summed E-state index contributed by atoms with van der Waals surface area (Å²) in [6, 6.07) is 0. The smallest absolute Gasteiger partial charge is 0.229 e. The molecule has 0 bridgehead atoms. The Morgan fingerprint density at radius 1 is 1.56 bits per heavy atom. The number of carbonyl (C=O) groups is 1. The van der Waals surface area contributed by atoms with Crippen molar-refractivity contribution in [1.29, 1.82) is 0 Å². The first-order chi connectivity index (χ1) is 8.46. The second-order valence-electron chi connectivity index (χ2n) is 4.40. The molecule has 1 saturated carbocycles. The van der Waals surface area contributed by atoms with Gasteiger partial charge in [-0.05, 0) is 25.5 Å². The van der Waals surface area contributed by atoms with Gasteiger partial charge in [0.05, 0.1) is 10.8 Å². The van der Waals surface area contributed by atoms with Gasteiger partial charge in [-0.2, -0.15) is 0 Å². The van der Waals surface area contributed by atoms with E-state index in [-0.39, 0.29) is 17.7 Å². The van der Waals surface area contributed by atoms with Crippen LogP contribution in [0.25, 0.3) is 0 Å². The Balaban J connectivity index is 2.67. The molecule has 0 aromatic carbocycles. The van der Waals surface area contributed by atoms with Crippen molar-refractivity contribution in [2.24, 2.45) is 5.92 Å². The molecule has 0 radical (unpaired) electrons. The lowest BCUT2D eigenvalue weighted by molar-refractivity contribution is -0.121. The molecule has 1 aliphatic rings. The van der Waals surface area contributed by atoms with Crippen LogP contribution in [0.1, 0.15) is 13.3 Å². The molecule has 1 aliphatic carbocycles. The van der Waals surface area contributed by atoms with Gasteiger partial charge in [0, 0.05) is 17.5 Å². The van der Waals surface area contributed by atoms with Crippen LogP contribution >= 0.6 is 34.8 Å². The Bertz CT molecular complexity index is 403. The number of halogens is 3. The fraction of sp³-hybridized carbons (Fsp3) is 0.462. The number of carbonyl (C=O) groups excluding carboxylic acids is 1. The molecule has 1 N–H and O–H groups in total. The standard InChI is InChI=1S/C13H16Cl3NO/c1-3-4-10(5-9(2)7-14)17-12(18)11-6-13(11,16)8-15/h3-5,11H,1,6-8H2,2H3,(H,17,18)/b9-5-,10-4+. The number of alkyl halides is 3. The molecule has 5 heteroatoms. The van der Waals surface area contributed by atoms with Gasteiger partial charge in [0.2, 0.25) is 5.91 Å². The van der Waals surface area contributed by atoms with E-state index in [0.717, 1.165) is 5.57 Å². The summed E-state index contributed by atoms with van der Waals surface area (Å²) >= 11 is 17.5. The van der Waals surface area contributed by atoms with Crippen molar-refractivity contribution in [3.8, 4) is 0 Å². The number of hydrogen-bond acceptors (Lipinski definition) is 1. The molecular weight excluding hydrogens is 293 g/mol. The normalized spacial score (nSPS) is 27.9. The Morgan fingerprint density at radius 2 is 2.22 bits per heavy atom. The van der Waals surface area contributed by atoms with Crippen molar-refractivity contribution in [1.82, 2.24) is 5.32 Å². The van der Waals surface area contributed by atoms with E-state index in [2.05, 4.69) is 11.9 Å². The van der Waals surface area contributed by atoms with Crippen molar-refractivity contribution in [3.63, 3.8) is 0 Å². The summed E-state index contributed by atoms with van der Waals surface area (Å²) in [6.07, 6.45) is 5.75. The molecule has 2 nitrogen and oxygen atoms in total. The summed E-state index contributed by atoms with van der Waals surface area (Å²) in [5.41, 5.74) is 1.61. The molecule has 100 valence electrons. The van der Waals surface area contributed by atoms with Crippen LogP contribution in [0.5, 0.6) is 0 Å². The molecule has 1 fully saturated rings. The second-order valence-corrected chi connectivity index (χ2v) is 5.68. The zero-order valence-electron chi connectivity index (χ0n) is 10.2. The van der Waals surface area contributed by atoms with Gasteiger partial charge in [0.15, 0.2) is 0 Å². The highest BCUT2D eigenvalue weighted by atomic mass is 35.5. The van der Waals surface area contributed by atoms with E-state index in [4.69, 9.17) is 34.8 Å². The Labute approximate surface area is 123 Å². The molecule has 2 unspecified atom stereocenters. The first-order valence-electron chi connectivity index (χ1n) is 5.58. The minimum absolute atomic E-state index is 0.114. The van der Waals surface area contributed by atoms with E-state index in [0.29, 0.717) is 18.0 Å². The summed E-state index contributed by atoms with van der Waals surface area (Å²) in [7, 11) is 0. The van der Waals surface area contributed by atoms with E-state index >= 15 is 0 Å². The average molecular weight is 309 g/mol. The van der Waals surface area contributed by atoms with E-state index < -0.39 is 4.87 Å². The Morgan fingerprint density at radius 3 is 2.67 bits per heavy atom. The highest BCUT2D eigenvalue weighted by molar-refractivity contribution is 6.34. The quantitative estimate of drug-likeness (QED) is 0.589. The maximum absolute atomic E-state index is 11.9. The highest BCUT2D eigenvalue weighted by Gasteiger charge is 2.56. The number of rotatable bonds is 6. The third kappa shape index (κ3) is 4.04. The van der Waals surface area contributed by atoms with Crippen LogP contribution in [-0.2, 0) is 4.79 Å². The second kappa shape index (κ2) is 6.65. The molecule has 0 heterocycles. The molecular formula is C13H16Cl3NO. The number of nitrogens with one attached hydrogen (secondary N) is 1. The summed E-state index contributed by atoms with van der Waals surface area (Å²) < 4.78 is 0. The lowest BCUT2D eigenvalue weighted by Crippen LogP contribution is -2.27. The maximum Gasteiger partial charge on any atom is 0.229 e. The van der Waals surface area contributed by atoms with Gasteiger partial charge in [0.1, 0.15) is 0 Å². The van der Waals surface area contributed by atoms with Crippen molar-refractivity contribution >= 4 is 40.7 Å². The Hall–Kier alpha value is -0.440. The van der Waals surface area contributed by atoms with Gasteiger partial charge < -0.3 is 5.32 Å². The molecule has 0 aromatic heterocycles. The summed E-state index contributed by atoms with van der Waals surface area (Å²) in [4.78, 5) is 11.4. The summed E-state index contributed by atoms with van der Waals surface area (Å²) in [5.74, 6) is 0.352. The fourth-order valence-corrected chi connectivity index (χ4v) is 2.17. The summed E-state index contributed by atoms with van der Waals surface area (Å²) in [5, 5.41) is 2.81. The van der Waals surface area contributed by atoms with Crippen molar-refractivity contribution < 1.29 is 4.79 Å². The molecule has 1 amide bonds. The molecule has 2 atom stereocenters. The zero-order valence-corrected chi connectivity index (χ0v) is 12.4. The van der Waals surface area contributed by atoms with Crippen LogP contribution in [0, 0.1) is 5.92 Å². The van der Waals surface area contributed by atoms with Crippen molar-refractivity contribution in [2.75, 3.05) is 11.8 Å². The topological polar surface area (TPSA) is 29.1 Å². The van der Waals surface area contributed by atoms with Crippen LogP contribution in [0.4, 0.5) is 0 Å². The van der Waals surface area contributed by atoms with Gasteiger partial charge in [-0.15, -0.1) is 34.8 Å². The van der Waals surface area contributed by atoms with Crippen molar-refractivity contribution in [3.05, 3.63) is 36.1 Å². The van der Waals surface area contributed by atoms with Crippen LogP contribution in [0.3, 0.4) is 0 Å². The number of allylic oxidation sites excluding steroid dienone is 4. The predicted molar refractivity (Wildman–Crippen MR) is 78.3 cm³/mol. The molecule has 1 rings (SSSR count). The van der Waals surface area contributed by atoms with Gasteiger partial charge >= 0.3 is 0 Å². The molecule has 0 spiro atoms. The molecule has 0 aromatic rings. The monoisotopic (exact) mass is 307 g/mol. The van der Waals surface area contributed by atoms with Gasteiger partial charge in [-0.25, -0.2) is 0 Å². The lowest BCUT2D eigenvalue weighted by atomic mass is 10.2. The van der Waals surface area contributed by atoms with E-state index in [1.807, 2.05) is 13.0 Å². The number of hydrogen-bond donors (Lipinski definition) is 1. The first-order valence-corrected chi connectivity index (χ1v) is 7.03. The highest BCUT2D eigenvalue weighted by Crippen LogP contribution is 2.50. The van der Waals surface area contributed by atoms with Crippen molar-refractivity contribution in [2.45, 2.75) is 18.2 Å². The zero-order chi connectivity index (χ0) is 13.8. The Kier molecular flexibility index (Phi) is 5.77. The van der Waals surface area contributed by atoms with Gasteiger partial charge in [0.25, 0.3) is 0 Å². The minimum Gasteiger partial charge on any atom is -0.326 e. The average Bonchev–Trinajstić information content (AvgIpc) is 3.02. The predicted octanol–water partition coefficient (Wildman–Crippen LogP) is 3.59. The van der Waals surface area contributed by atoms with Gasteiger partial charge in [-0.3, -0.25) is 4.79 Å². The lowest BCUT2D eigenvalue weighted by Gasteiger charge is -2.08. The molecule has 0 aliphatic heterocycles. The van der Waals surface area contributed by atoms with Gasteiger partial charge in [-0.1, -0.05) is 18.2 Å². The third-order valence-corrected chi connectivity index (χ3v) is 4.31. The largest absolute Gasteiger partial charge is 0.326 e. The van der Waals surface area contributed by atoms with Crippen LogP contribution in [0.2, 0.25) is 0 Å².